The van der Waals surface area contributed by atoms with Gasteiger partial charge in [0.1, 0.15) is 23.4 Å². The molecule has 0 bridgehead atoms. The molecule has 148 valence electrons. The highest BCUT2D eigenvalue weighted by Gasteiger charge is 2.22. The topological polar surface area (TPSA) is 63.9 Å². The van der Waals surface area contributed by atoms with Crippen LogP contribution in [0.4, 0.5) is 4.39 Å². The van der Waals surface area contributed by atoms with Crippen molar-refractivity contribution in [3.05, 3.63) is 84.3 Å². The first kappa shape index (κ1) is 19.0. The highest BCUT2D eigenvalue weighted by molar-refractivity contribution is 5.81. The molecule has 5 nitrogen and oxygen atoms in total. The molecule has 0 saturated heterocycles. The monoisotopic (exact) mass is 392 g/mol. The summed E-state index contributed by atoms with van der Waals surface area (Å²) in [7, 11) is 1.65. The Bertz CT molecular complexity index is 1120. The normalized spacial score (nSPS) is 13.2. The molecule has 1 heterocycles. The summed E-state index contributed by atoms with van der Waals surface area (Å²) in [6, 6.07) is 20.0. The summed E-state index contributed by atoms with van der Waals surface area (Å²) in [4.78, 5) is 0. The summed E-state index contributed by atoms with van der Waals surface area (Å²) in [5, 5.41) is 5.38. The van der Waals surface area contributed by atoms with E-state index in [1.54, 1.807) is 30.1 Å². The van der Waals surface area contributed by atoms with Crippen LogP contribution in [0.3, 0.4) is 0 Å². The number of rotatable bonds is 6. The van der Waals surface area contributed by atoms with E-state index in [4.69, 9.17) is 9.47 Å². The lowest BCUT2D eigenvalue weighted by Crippen LogP contribution is -2.62. The fourth-order valence-corrected chi connectivity index (χ4v) is 3.35. The molecular weight excluding hydrogens is 369 g/mol. The number of fused-ring (bicyclic) bond motifs is 1. The molecule has 0 radical (unpaired) electrons. The minimum atomic E-state index is -0.272. The number of benzene rings is 3. The number of aromatic nitrogens is 2. The SMILES string of the molecule is COc1cccc([C@@H](Oc2ccc3c(cnn3-c3ccc(F)cc3)c2)C(C)[NH3+])c1. The minimum Gasteiger partial charge on any atom is -0.497 e. The maximum atomic E-state index is 13.2. The third-order valence-electron chi connectivity index (χ3n) is 4.81. The summed E-state index contributed by atoms with van der Waals surface area (Å²) in [5.41, 5.74) is 6.90. The second-order valence-corrected chi connectivity index (χ2v) is 7.05. The van der Waals surface area contributed by atoms with Crippen LogP contribution in [0.15, 0.2) is 72.9 Å². The van der Waals surface area contributed by atoms with E-state index in [0.717, 1.165) is 33.7 Å². The van der Waals surface area contributed by atoms with E-state index in [2.05, 4.69) is 10.8 Å². The summed E-state index contributed by atoms with van der Waals surface area (Å²) in [6.07, 6.45) is 1.56. The van der Waals surface area contributed by atoms with Gasteiger partial charge in [-0.05, 0) is 61.5 Å². The van der Waals surface area contributed by atoms with Crippen molar-refractivity contribution in [2.24, 2.45) is 0 Å². The molecule has 3 aromatic carbocycles. The van der Waals surface area contributed by atoms with E-state index in [1.807, 2.05) is 49.4 Å². The molecule has 1 aromatic heterocycles. The van der Waals surface area contributed by atoms with Crippen LogP contribution in [0.5, 0.6) is 11.5 Å². The van der Waals surface area contributed by atoms with Gasteiger partial charge in [0, 0.05) is 10.9 Å². The predicted octanol–water partition coefficient (Wildman–Crippen LogP) is 3.92. The van der Waals surface area contributed by atoms with E-state index in [9.17, 15) is 4.39 Å². The number of hydrogen-bond acceptors (Lipinski definition) is 3. The Morgan fingerprint density at radius 3 is 2.52 bits per heavy atom. The quantitative estimate of drug-likeness (QED) is 0.541. The Morgan fingerprint density at radius 1 is 1.00 bits per heavy atom. The first-order valence-electron chi connectivity index (χ1n) is 9.42. The van der Waals surface area contributed by atoms with Crippen molar-refractivity contribution in [2.45, 2.75) is 19.1 Å². The molecule has 4 rings (SSSR count). The highest BCUT2D eigenvalue weighted by Crippen LogP contribution is 2.29. The van der Waals surface area contributed by atoms with E-state index < -0.39 is 0 Å². The van der Waals surface area contributed by atoms with Crippen LogP contribution in [-0.2, 0) is 0 Å². The van der Waals surface area contributed by atoms with Crippen molar-refractivity contribution in [1.29, 1.82) is 0 Å². The van der Waals surface area contributed by atoms with Crippen molar-refractivity contribution in [3.63, 3.8) is 0 Å². The van der Waals surface area contributed by atoms with Gasteiger partial charge in [-0.15, -0.1) is 0 Å². The standard InChI is InChI=1S/C23H22FN3O2/c1-15(25)23(16-4-3-5-20(12-16)28-2)29-21-10-11-22-17(13-21)14-26-27(22)19-8-6-18(24)7-9-19/h3-15,23H,25H2,1-2H3/p+1/t15?,23-/m0/s1. The van der Waals surface area contributed by atoms with Crippen molar-refractivity contribution in [1.82, 2.24) is 9.78 Å². The lowest BCUT2D eigenvalue weighted by atomic mass is 10.0. The second kappa shape index (κ2) is 7.93. The van der Waals surface area contributed by atoms with Gasteiger partial charge >= 0.3 is 0 Å². The third kappa shape index (κ3) is 3.93. The number of quaternary nitrogens is 1. The Labute approximate surface area is 168 Å². The lowest BCUT2D eigenvalue weighted by molar-refractivity contribution is -0.431. The average Bonchev–Trinajstić information content (AvgIpc) is 3.15. The van der Waals surface area contributed by atoms with Crippen LogP contribution >= 0.6 is 0 Å². The van der Waals surface area contributed by atoms with Gasteiger partial charge in [0.2, 0.25) is 0 Å². The molecule has 0 spiro atoms. The molecule has 0 aliphatic rings. The largest absolute Gasteiger partial charge is 0.497 e. The van der Waals surface area contributed by atoms with Crippen LogP contribution < -0.4 is 15.2 Å². The molecular formula is C23H23FN3O2+. The third-order valence-corrected chi connectivity index (χ3v) is 4.81. The van der Waals surface area contributed by atoms with Gasteiger partial charge in [0.15, 0.2) is 6.10 Å². The molecule has 6 heteroatoms. The van der Waals surface area contributed by atoms with E-state index in [0.29, 0.717) is 0 Å². The van der Waals surface area contributed by atoms with E-state index in [-0.39, 0.29) is 18.0 Å². The minimum absolute atomic E-state index is 0.0275. The van der Waals surface area contributed by atoms with Crippen molar-refractivity contribution >= 4 is 10.9 Å². The maximum absolute atomic E-state index is 13.2. The smallest absolute Gasteiger partial charge is 0.175 e. The fraction of sp³-hybridized carbons (Fsp3) is 0.174. The van der Waals surface area contributed by atoms with Crippen LogP contribution in [0.2, 0.25) is 0 Å². The van der Waals surface area contributed by atoms with Gasteiger partial charge in [-0.3, -0.25) is 0 Å². The molecule has 29 heavy (non-hydrogen) atoms. The number of hydrogen-bond donors (Lipinski definition) is 1. The summed E-state index contributed by atoms with van der Waals surface area (Å²) < 4.78 is 26.6. The van der Waals surface area contributed by atoms with Gasteiger partial charge in [0.05, 0.1) is 24.5 Å². The Kier molecular flexibility index (Phi) is 5.18. The average molecular weight is 392 g/mol. The molecule has 0 fully saturated rings. The molecule has 0 amide bonds. The summed E-state index contributed by atoms with van der Waals surface area (Å²) in [6.45, 7) is 2.02. The molecule has 1 unspecified atom stereocenters. The highest BCUT2D eigenvalue weighted by atomic mass is 19.1. The number of nitrogens with zero attached hydrogens (tertiary/aromatic N) is 2. The Balaban J connectivity index is 1.64. The molecule has 0 aliphatic heterocycles. The van der Waals surface area contributed by atoms with Crippen LogP contribution in [-0.4, -0.2) is 22.9 Å². The van der Waals surface area contributed by atoms with Crippen LogP contribution in [0.25, 0.3) is 16.6 Å². The number of halogens is 1. The van der Waals surface area contributed by atoms with Crippen molar-refractivity contribution in [3.8, 4) is 17.2 Å². The van der Waals surface area contributed by atoms with Crippen LogP contribution in [0, 0.1) is 5.82 Å². The van der Waals surface area contributed by atoms with Gasteiger partial charge in [-0.2, -0.15) is 5.10 Å². The summed E-state index contributed by atoms with van der Waals surface area (Å²) >= 11 is 0. The molecule has 3 N–H and O–H groups in total. The van der Waals surface area contributed by atoms with E-state index >= 15 is 0 Å². The van der Waals surface area contributed by atoms with Gasteiger partial charge in [-0.1, -0.05) is 12.1 Å². The maximum Gasteiger partial charge on any atom is 0.175 e. The molecule has 2 atom stereocenters. The zero-order valence-corrected chi connectivity index (χ0v) is 16.4. The van der Waals surface area contributed by atoms with Gasteiger partial charge < -0.3 is 15.2 Å². The summed E-state index contributed by atoms with van der Waals surface area (Å²) in [5.74, 6) is 1.25. The fourth-order valence-electron chi connectivity index (χ4n) is 3.35. The second-order valence-electron chi connectivity index (χ2n) is 7.05. The zero-order chi connectivity index (χ0) is 20.4. The molecule has 0 saturated carbocycles. The zero-order valence-electron chi connectivity index (χ0n) is 16.4. The van der Waals surface area contributed by atoms with Gasteiger partial charge in [0.25, 0.3) is 0 Å². The first-order chi connectivity index (χ1) is 14.0. The molecule has 0 aliphatic carbocycles. The predicted molar refractivity (Wildman–Crippen MR) is 110 cm³/mol. The van der Waals surface area contributed by atoms with Crippen molar-refractivity contribution in [2.75, 3.05) is 7.11 Å². The van der Waals surface area contributed by atoms with Crippen molar-refractivity contribution < 1.29 is 19.6 Å². The number of ether oxygens (including phenoxy) is 2. The van der Waals surface area contributed by atoms with Gasteiger partial charge in [-0.25, -0.2) is 9.07 Å². The first-order valence-corrected chi connectivity index (χ1v) is 9.42. The number of methoxy groups -OCH3 is 1. The molecule has 4 aromatic rings. The lowest BCUT2D eigenvalue weighted by Gasteiger charge is -2.21. The van der Waals surface area contributed by atoms with E-state index in [1.165, 1.54) is 12.1 Å². The Hall–Kier alpha value is -3.38. The Morgan fingerprint density at radius 2 is 1.79 bits per heavy atom. The van der Waals surface area contributed by atoms with Crippen LogP contribution in [0.1, 0.15) is 18.6 Å².